The first-order chi connectivity index (χ1) is 16.7. The number of aryl methyl sites for hydroxylation is 1. The van der Waals surface area contributed by atoms with Crippen molar-refractivity contribution in [2.75, 3.05) is 0 Å². The molecule has 0 saturated heterocycles. The van der Waals surface area contributed by atoms with Gasteiger partial charge in [0, 0.05) is 0 Å². The van der Waals surface area contributed by atoms with Crippen molar-refractivity contribution in [2.24, 2.45) is 0 Å². The van der Waals surface area contributed by atoms with Crippen LogP contribution in [0, 0.1) is 41.8 Å². The van der Waals surface area contributed by atoms with Crippen LogP contribution < -0.4 is 4.74 Å². The Balaban J connectivity index is 1.77. The third-order valence-electron chi connectivity index (χ3n) is 4.81. The number of carbonyl (C=O) groups excluding carboxylic acids is 1. The number of benzene rings is 3. The van der Waals surface area contributed by atoms with Crippen molar-refractivity contribution in [1.82, 2.24) is 9.78 Å². The molecule has 0 N–H and O–H groups in total. The van der Waals surface area contributed by atoms with Crippen LogP contribution in [0.2, 0.25) is 0 Å². The third kappa shape index (κ3) is 4.90. The van der Waals surface area contributed by atoms with Crippen LogP contribution in [0.5, 0.6) is 5.88 Å². The van der Waals surface area contributed by atoms with E-state index < -0.39 is 45.8 Å². The maximum atomic E-state index is 14.4. The number of hydrogen-bond donors (Lipinski definition) is 0. The van der Waals surface area contributed by atoms with Gasteiger partial charge in [0.1, 0.15) is 5.82 Å². The van der Waals surface area contributed by atoms with Gasteiger partial charge in [0.2, 0.25) is 11.7 Å². The molecule has 4 nitrogen and oxygen atoms in total. The second-order valence-corrected chi connectivity index (χ2v) is 8.27. The SMILES string of the molecule is Cc1nn(-c2ccccc2)c(OC(=O)Cc2ccc(F)cc2)c1Sc1c(F)c(F)c(F)c(F)c1F. The highest BCUT2D eigenvalue weighted by molar-refractivity contribution is 7.99. The number of halogens is 6. The standard InChI is InChI=1S/C24H14F6N2O2S/c1-12-22(35-23-20(29)18(27)17(26)19(28)21(23)30)24(32(31-12)15-5-3-2-4-6-15)34-16(33)11-13-7-9-14(25)10-8-13/h2-10H,11H2,1H3. The number of esters is 1. The number of para-hydroxylation sites is 1. The van der Waals surface area contributed by atoms with Crippen molar-refractivity contribution in [2.45, 2.75) is 23.1 Å². The molecule has 0 bridgehead atoms. The van der Waals surface area contributed by atoms with Gasteiger partial charge in [-0.1, -0.05) is 42.1 Å². The zero-order valence-corrected chi connectivity index (χ0v) is 18.6. The van der Waals surface area contributed by atoms with Gasteiger partial charge in [0.15, 0.2) is 23.3 Å². The van der Waals surface area contributed by atoms with Gasteiger partial charge in [-0.3, -0.25) is 4.79 Å². The van der Waals surface area contributed by atoms with Gasteiger partial charge in [-0.25, -0.2) is 26.3 Å². The van der Waals surface area contributed by atoms with Crippen molar-refractivity contribution in [3.05, 3.63) is 101 Å². The van der Waals surface area contributed by atoms with Crippen LogP contribution >= 0.6 is 11.8 Å². The molecule has 11 heteroatoms. The number of hydrogen-bond acceptors (Lipinski definition) is 4. The molecule has 0 amide bonds. The highest BCUT2D eigenvalue weighted by atomic mass is 32.2. The summed E-state index contributed by atoms with van der Waals surface area (Å²) in [7, 11) is 0. The van der Waals surface area contributed by atoms with E-state index in [1.165, 1.54) is 23.7 Å². The first-order valence-corrected chi connectivity index (χ1v) is 10.8. The molecule has 0 unspecified atom stereocenters. The third-order valence-corrected chi connectivity index (χ3v) is 6.05. The number of nitrogens with zero attached hydrogens (tertiary/aromatic N) is 2. The predicted octanol–water partition coefficient (Wildman–Crippen LogP) is 6.31. The molecular formula is C24H14F6N2O2S. The molecule has 0 aliphatic rings. The van der Waals surface area contributed by atoms with E-state index in [-0.39, 0.29) is 34.7 Å². The summed E-state index contributed by atoms with van der Waals surface area (Å²) in [5.41, 5.74) is 0.935. The lowest BCUT2D eigenvalue weighted by Gasteiger charge is -2.11. The summed E-state index contributed by atoms with van der Waals surface area (Å²) >= 11 is 0.190. The minimum Gasteiger partial charge on any atom is -0.406 e. The molecule has 180 valence electrons. The minimum atomic E-state index is -2.29. The molecule has 1 heterocycles. The zero-order chi connectivity index (χ0) is 25.3. The number of rotatable bonds is 6. The molecule has 0 spiro atoms. The highest BCUT2D eigenvalue weighted by Gasteiger charge is 2.30. The van der Waals surface area contributed by atoms with E-state index in [0.29, 0.717) is 11.3 Å². The topological polar surface area (TPSA) is 44.1 Å². The number of carbonyl (C=O) groups is 1. The van der Waals surface area contributed by atoms with E-state index in [2.05, 4.69) is 5.10 Å². The van der Waals surface area contributed by atoms with Gasteiger partial charge in [-0.15, -0.1) is 0 Å². The largest absolute Gasteiger partial charge is 0.406 e. The zero-order valence-electron chi connectivity index (χ0n) is 17.8. The quantitative estimate of drug-likeness (QED) is 0.132. The van der Waals surface area contributed by atoms with Gasteiger partial charge in [0.25, 0.3) is 0 Å². The van der Waals surface area contributed by atoms with Crippen LogP contribution in [-0.4, -0.2) is 15.7 Å². The summed E-state index contributed by atoms with van der Waals surface area (Å²) in [6.07, 6.45) is -0.286. The Morgan fingerprint density at radius 1 is 0.829 bits per heavy atom. The normalized spacial score (nSPS) is 11.1. The molecule has 0 atom stereocenters. The monoisotopic (exact) mass is 508 g/mol. The maximum Gasteiger partial charge on any atom is 0.317 e. The van der Waals surface area contributed by atoms with Gasteiger partial charge in [0.05, 0.1) is 27.6 Å². The Bertz CT molecular complexity index is 1380. The van der Waals surface area contributed by atoms with Gasteiger partial charge in [-0.2, -0.15) is 9.78 Å². The molecule has 3 aromatic carbocycles. The van der Waals surface area contributed by atoms with E-state index >= 15 is 0 Å². The first-order valence-electron chi connectivity index (χ1n) is 9.96. The van der Waals surface area contributed by atoms with Crippen molar-refractivity contribution in [1.29, 1.82) is 0 Å². The average Bonchev–Trinajstić information content (AvgIpc) is 3.15. The fourth-order valence-corrected chi connectivity index (χ4v) is 4.10. The predicted molar refractivity (Wildman–Crippen MR) is 114 cm³/mol. The average molecular weight is 508 g/mol. The second kappa shape index (κ2) is 9.87. The fraction of sp³-hybridized carbons (Fsp3) is 0.0833. The van der Waals surface area contributed by atoms with Crippen molar-refractivity contribution in [3.63, 3.8) is 0 Å². The van der Waals surface area contributed by atoms with Crippen LogP contribution in [0.4, 0.5) is 26.3 Å². The molecular weight excluding hydrogens is 494 g/mol. The van der Waals surface area contributed by atoms with Gasteiger partial charge < -0.3 is 4.74 Å². The van der Waals surface area contributed by atoms with Crippen LogP contribution in [-0.2, 0) is 11.2 Å². The molecule has 0 saturated carbocycles. The Morgan fingerprint density at radius 3 is 2.00 bits per heavy atom. The Kier molecular flexibility index (Phi) is 6.88. The Labute approximate surface area is 199 Å². The number of aromatic nitrogens is 2. The summed E-state index contributed by atoms with van der Waals surface area (Å²) in [5, 5.41) is 4.23. The van der Waals surface area contributed by atoms with E-state index in [0.717, 1.165) is 12.1 Å². The Morgan fingerprint density at radius 2 is 1.40 bits per heavy atom. The summed E-state index contributed by atoms with van der Waals surface area (Å²) in [6, 6.07) is 13.3. The van der Waals surface area contributed by atoms with Crippen LogP contribution in [0.1, 0.15) is 11.3 Å². The summed E-state index contributed by atoms with van der Waals surface area (Å²) < 4.78 is 89.5. The summed E-state index contributed by atoms with van der Waals surface area (Å²) in [5.74, 6) is -12.1. The lowest BCUT2D eigenvalue weighted by Crippen LogP contribution is -2.14. The van der Waals surface area contributed by atoms with Crippen molar-refractivity contribution in [3.8, 4) is 11.6 Å². The lowest BCUT2D eigenvalue weighted by molar-refractivity contribution is -0.134. The van der Waals surface area contributed by atoms with Crippen molar-refractivity contribution >= 4 is 17.7 Å². The summed E-state index contributed by atoms with van der Waals surface area (Å²) in [6.45, 7) is 1.42. The van der Waals surface area contributed by atoms with E-state index in [1.807, 2.05) is 0 Å². The fourth-order valence-electron chi connectivity index (χ4n) is 3.13. The molecule has 1 aromatic heterocycles. The Hall–Kier alpha value is -3.73. The van der Waals surface area contributed by atoms with Gasteiger partial charge in [-0.05, 0) is 36.8 Å². The summed E-state index contributed by atoms with van der Waals surface area (Å²) in [4.78, 5) is 11.4. The van der Waals surface area contributed by atoms with E-state index in [9.17, 15) is 31.1 Å². The van der Waals surface area contributed by atoms with Crippen LogP contribution in [0.15, 0.2) is 64.4 Å². The van der Waals surface area contributed by atoms with E-state index in [1.54, 1.807) is 30.3 Å². The smallest absolute Gasteiger partial charge is 0.317 e. The minimum absolute atomic E-state index is 0.104. The lowest BCUT2D eigenvalue weighted by atomic mass is 10.1. The van der Waals surface area contributed by atoms with Crippen molar-refractivity contribution < 1.29 is 35.9 Å². The molecule has 35 heavy (non-hydrogen) atoms. The molecule has 0 fully saturated rings. The van der Waals surface area contributed by atoms with Crippen LogP contribution in [0.3, 0.4) is 0 Å². The van der Waals surface area contributed by atoms with Crippen LogP contribution in [0.25, 0.3) is 5.69 Å². The molecule has 4 aromatic rings. The molecule has 4 rings (SSSR count). The molecule has 0 radical (unpaired) electrons. The van der Waals surface area contributed by atoms with Gasteiger partial charge >= 0.3 is 5.97 Å². The number of ether oxygens (including phenoxy) is 1. The van der Waals surface area contributed by atoms with E-state index in [4.69, 9.17) is 4.74 Å². The maximum absolute atomic E-state index is 14.4. The second-order valence-electron chi connectivity index (χ2n) is 7.25. The molecule has 0 aliphatic carbocycles. The highest BCUT2D eigenvalue weighted by Crippen LogP contribution is 2.42. The molecule has 0 aliphatic heterocycles. The first kappa shape index (κ1) is 24.4.